The summed E-state index contributed by atoms with van der Waals surface area (Å²) in [4.78, 5) is 16.3. The Morgan fingerprint density at radius 1 is 1.12 bits per heavy atom. The second kappa shape index (κ2) is 9.01. The van der Waals surface area contributed by atoms with E-state index in [2.05, 4.69) is 19.9 Å². The van der Waals surface area contributed by atoms with Crippen molar-refractivity contribution in [2.24, 2.45) is 5.73 Å². The lowest BCUT2D eigenvalue weighted by Gasteiger charge is -2.38. The first-order valence-corrected chi connectivity index (χ1v) is 11.6. The van der Waals surface area contributed by atoms with Gasteiger partial charge < -0.3 is 25.8 Å². The van der Waals surface area contributed by atoms with E-state index < -0.39 is 0 Å². The van der Waals surface area contributed by atoms with Gasteiger partial charge in [0.2, 0.25) is 0 Å². The van der Waals surface area contributed by atoms with Crippen LogP contribution in [-0.4, -0.2) is 40.8 Å². The lowest BCUT2D eigenvalue weighted by Crippen LogP contribution is -2.46. The van der Waals surface area contributed by atoms with Crippen molar-refractivity contribution in [3.63, 3.8) is 0 Å². The van der Waals surface area contributed by atoms with Crippen molar-refractivity contribution >= 4 is 35.0 Å². The molecule has 0 saturated carbocycles. The summed E-state index contributed by atoms with van der Waals surface area (Å²) in [5, 5.41) is 1.07. The average Bonchev–Trinajstić information content (AvgIpc) is 2.81. The maximum absolute atomic E-state index is 6.47. The SMILES string of the molecule is Nc1nccc(Sc2cnc3c(n2)OC[C@H]2CC[C@H](N)c4ccccc4OCCN32)c1Cl. The van der Waals surface area contributed by atoms with Gasteiger partial charge in [-0.2, -0.15) is 0 Å². The van der Waals surface area contributed by atoms with E-state index in [-0.39, 0.29) is 17.9 Å². The monoisotopic (exact) mass is 470 g/mol. The van der Waals surface area contributed by atoms with Crippen LogP contribution in [0.1, 0.15) is 24.4 Å². The van der Waals surface area contributed by atoms with Gasteiger partial charge in [-0.25, -0.2) is 15.0 Å². The molecule has 0 amide bonds. The van der Waals surface area contributed by atoms with Gasteiger partial charge in [-0.15, -0.1) is 0 Å². The second-order valence-electron chi connectivity index (χ2n) is 7.68. The topological polar surface area (TPSA) is 112 Å². The molecule has 10 heteroatoms. The summed E-state index contributed by atoms with van der Waals surface area (Å²) >= 11 is 7.64. The van der Waals surface area contributed by atoms with Crippen LogP contribution in [0.25, 0.3) is 0 Å². The van der Waals surface area contributed by atoms with Crippen LogP contribution in [0.4, 0.5) is 11.6 Å². The number of para-hydroxylation sites is 1. The molecule has 166 valence electrons. The third-order valence-electron chi connectivity index (χ3n) is 5.64. The second-order valence-corrected chi connectivity index (χ2v) is 9.12. The number of hydrogen-bond donors (Lipinski definition) is 2. The number of pyridine rings is 1. The molecule has 8 nitrogen and oxygen atoms in total. The van der Waals surface area contributed by atoms with Crippen molar-refractivity contribution < 1.29 is 9.47 Å². The first kappa shape index (κ1) is 21.1. The number of nitrogens with zero attached hydrogens (tertiary/aromatic N) is 4. The molecule has 4 heterocycles. The summed E-state index contributed by atoms with van der Waals surface area (Å²) in [6.45, 7) is 1.72. The summed E-state index contributed by atoms with van der Waals surface area (Å²) in [6.07, 6.45) is 5.05. The Bertz CT molecular complexity index is 1130. The minimum atomic E-state index is -0.0880. The molecule has 2 aliphatic heterocycles. The zero-order valence-corrected chi connectivity index (χ0v) is 18.9. The van der Waals surface area contributed by atoms with Gasteiger partial charge >= 0.3 is 0 Å². The summed E-state index contributed by atoms with van der Waals surface area (Å²) < 4.78 is 12.1. The van der Waals surface area contributed by atoms with Gasteiger partial charge in [-0.3, -0.25) is 0 Å². The van der Waals surface area contributed by atoms with Crippen LogP contribution in [-0.2, 0) is 0 Å². The first-order chi connectivity index (χ1) is 15.6. The zero-order chi connectivity index (χ0) is 22.1. The highest BCUT2D eigenvalue weighted by Crippen LogP contribution is 2.38. The van der Waals surface area contributed by atoms with E-state index in [9.17, 15) is 0 Å². The number of benzene rings is 1. The van der Waals surface area contributed by atoms with Crippen molar-refractivity contribution in [1.29, 1.82) is 0 Å². The van der Waals surface area contributed by atoms with Crippen LogP contribution in [0.5, 0.6) is 11.6 Å². The summed E-state index contributed by atoms with van der Waals surface area (Å²) in [5.74, 6) is 2.36. The maximum Gasteiger partial charge on any atom is 0.258 e. The molecule has 4 N–H and O–H groups in total. The minimum Gasteiger partial charge on any atom is -0.491 e. The highest BCUT2D eigenvalue weighted by atomic mass is 35.5. The molecule has 0 radical (unpaired) electrons. The highest BCUT2D eigenvalue weighted by Gasteiger charge is 2.31. The van der Waals surface area contributed by atoms with Crippen LogP contribution in [0.15, 0.2) is 52.6 Å². The van der Waals surface area contributed by atoms with Gasteiger partial charge in [-0.05, 0) is 25.0 Å². The molecular formula is C22H23ClN6O2S. The number of ether oxygens (including phenoxy) is 2. The molecule has 0 fully saturated rings. The van der Waals surface area contributed by atoms with E-state index in [1.165, 1.54) is 11.8 Å². The van der Waals surface area contributed by atoms with Crippen molar-refractivity contribution in [1.82, 2.24) is 15.0 Å². The molecule has 2 aromatic heterocycles. The molecule has 0 spiro atoms. The van der Waals surface area contributed by atoms with Gasteiger partial charge in [0.25, 0.3) is 5.88 Å². The molecule has 3 aromatic rings. The Labute approximate surface area is 195 Å². The molecule has 0 bridgehead atoms. The predicted molar refractivity (Wildman–Crippen MR) is 125 cm³/mol. The van der Waals surface area contributed by atoms with Gasteiger partial charge in [0.05, 0.1) is 23.8 Å². The van der Waals surface area contributed by atoms with E-state index in [0.29, 0.717) is 35.7 Å². The van der Waals surface area contributed by atoms with Gasteiger partial charge in [0.15, 0.2) is 5.82 Å². The number of nitrogen functional groups attached to an aromatic ring is 1. The number of rotatable bonds is 2. The first-order valence-electron chi connectivity index (χ1n) is 10.4. The van der Waals surface area contributed by atoms with Crippen LogP contribution in [0.3, 0.4) is 0 Å². The number of anilines is 2. The van der Waals surface area contributed by atoms with Crippen molar-refractivity contribution in [2.75, 3.05) is 30.4 Å². The number of nitrogens with two attached hydrogens (primary N) is 2. The van der Waals surface area contributed by atoms with E-state index >= 15 is 0 Å². The minimum absolute atomic E-state index is 0.0880. The van der Waals surface area contributed by atoms with Crippen LogP contribution < -0.4 is 25.8 Å². The number of fused-ring (bicyclic) bond motifs is 4. The Morgan fingerprint density at radius 2 is 2.00 bits per heavy atom. The van der Waals surface area contributed by atoms with Crippen molar-refractivity contribution in [2.45, 2.75) is 34.8 Å². The van der Waals surface area contributed by atoms with E-state index in [0.717, 1.165) is 34.9 Å². The lowest BCUT2D eigenvalue weighted by atomic mass is 9.98. The molecule has 0 saturated heterocycles. The fourth-order valence-electron chi connectivity index (χ4n) is 3.99. The molecule has 2 atom stereocenters. The summed E-state index contributed by atoms with van der Waals surface area (Å²) in [6, 6.07) is 9.85. The fourth-order valence-corrected chi connectivity index (χ4v) is 5.00. The summed E-state index contributed by atoms with van der Waals surface area (Å²) in [5.41, 5.74) is 13.3. The van der Waals surface area contributed by atoms with Crippen LogP contribution in [0, 0.1) is 0 Å². The largest absolute Gasteiger partial charge is 0.491 e. The van der Waals surface area contributed by atoms with Crippen LogP contribution in [0.2, 0.25) is 5.02 Å². The smallest absolute Gasteiger partial charge is 0.258 e. The zero-order valence-electron chi connectivity index (χ0n) is 17.3. The molecule has 0 unspecified atom stereocenters. The Morgan fingerprint density at radius 3 is 2.91 bits per heavy atom. The standard InChI is InChI=1S/C22H23ClN6O2S/c23-19-17(7-8-26-20(19)25)32-18-11-27-21-22(28-18)31-12-13-5-6-15(24)14-3-1-2-4-16(14)30-10-9-29(13)21/h1-4,7-8,11,13,15H,5-6,9-10,12,24H2,(H2,25,26)/t13-,15+/m1/s1. The molecule has 2 aliphatic rings. The third kappa shape index (κ3) is 4.15. The molecule has 5 rings (SSSR count). The van der Waals surface area contributed by atoms with Crippen molar-refractivity contribution in [3.05, 3.63) is 53.3 Å². The molecule has 0 aliphatic carbocycles. The molecule has 32 heavy (non-hydrogen) atoms. The predicted octanol–water partition coefficient (Wildman–Crippen LogP) is 3.70. The van der Waals surface area contributed by atoms with Gasteiger partial charge in [0, 0.05) is 22.7 Å². The van der Waals surface area contributed by atoms with Crippen LogP contribution >= 0.6 is 23.4 Å². The van der Waals surface area contributed by atoms with E-state index in [1.54, 1.807) is 18.5 Å². The number of halogens is 1. The average molecular weight is 471 g/mol. The third-order valence-corrected chi connectivity index (χ3v) is 7.12. The molecular weight excluding hydrogens is 448 g/mol. The number of hydrogen-bond acceptors (Lipinski definition) is 9. The summed E-state index contributed by atoms with van der Waals surface area (Å²) in [7, 11) is 0. The number of aromatic nitrogens is 3. The van der Waals surface area contributed by atoms with E-state index in [4.69, 9.17) is 32.5 Å². The Balaban J connectivity index is 1.38. The Kier molecular flexibility index (Phi) is 5.95. The Hall–Kier alpha value is -2.75. The normalized spacial score (nSPS) is 20.2. The molecule has 1 aromatic carbocycles. The highest BCUT2D eigenvalue weighted by molar-refractivity contribution is 7.99. The van der Waals surface area contributed by atoms with Crippen molar-refractivity contribution in [3.8, 4) is 11.6 Å². The van der Waals surface area contributed by atoms with Gasteiger partial charge in [-0.1, -0.05) is 41.6 Å². The fraction of sp³-hybridized carbons (Fsp3) is 0.318. The van der Waals surface area contributed by atoms with Gasteiger partial charge in [0.1, 0.15) is 29.8 Å². The quantitative estimate of drug-likeness (QED) is 0.578. The lowest BCUT2D eigenvalue weighted by molar-refractivity contribution is 0.224. The van der Waals surface area contributed by atoms with E-state index in [1.807, 2.05) is 24.3 Å². The maximum atomic E-state index is 6.47.